The number of aliphatic hydroxyl groups excluding tert-OH is 21. The van der Waals surface area contributed by atoms with E-state index >= 15 is 0 Å². The summed E-state index contributed by atoms with van der Waals surface area (Å²) < 4.78 is 82.8. The molecule has 0 aromatic rings. The van der Waals surface area contributed by atoms with Crippen LogP contribution in [0.4, 0.5) is 0 Å². The summed E-state index contributed by atoms with van der Waals surface area (Å²) in [7, 11) is 0. The zero-order valence-corrected chi connectivity index (χ0v) is 53.5. The lowest BCUT2D eigenvalue weighted by molar-refractivity contribution is -0.400. The van der Waals surface area contributed by atoms with Crippen molar-refractivity contribution in [3.8, 4) is 0 Å². The Morgan fingerprint density at radius 2 is 0.840 bits per heavy atom. The molecule has 45 nitrogen and oxygen atoms in total. The number of hydrogen-bond acceptors (Lipinski definition) is 40. The summed E-state index contributed by atoms with van der Waals surface area (Å²) in [5.74, 6) is -8.38. The molecule has 37 atom stereocenters. The standard InChI is InChI=1S/C55H92N4O41/c1-15(69)57-27-19(72)4-55(54(85)86,99-45(27)30(74)20(73)6-61)100-46-34(78)24(10-65)91-52(39(46)83)97-44-29(59-17(3)71)49(89-23(9-64)33(44)77)98-47-40(84)53(94-41-25(11-66)92-50(38(82)36(41)80)87-13-18(5-60)56-14-68)93-26(12-67)42(47)95-48-28(58-16(2)70)43(32(76)22(8-63)88-48)96-51-37(81)35(79)31(75)21(7-62)90-51/h14,18-53,60-67,72-84H,4-13H2,1-3H3,(H,56,68)(H,57,69)(H,58,70)(H,59,71)(H,85,86)/t18-,19+,20-,21-,22-,23-,24-,25-,26-,27-,28-,29-,30-,31+,32+,33-,34+,35+,36-,37-,38-,39-,40-,41-,42+,43-,44-,45-,46+,47-,48+,49+,50-,51+,52+,53+,55+/m1/s1. The molecule has 0 bridgehead atoms. The first-order valence-electron chi connectivity index (χ1n) is 31.5. The van der Waals surface area contributed by atoms with Crippen LogP contribution in [0.1, 0.15) is 27.2 Å². The van der Waals surface area contributed by atoms with Gasteiger partial charge in [-0.1, -0.05) is 0 Å². The van der Waals surface area contributed by atoms with Crippen molar-refractivity contribution < 1.29 is 203 Å². The third-order valence-corrected chi connectivity index (χ3v) is 17.7. The van der Waals surface area contributed by atoms with Gasteiger partial charge in [-0.05, 0) is 0 Å². The summed E-state index contributed by atoms with van der Waals surface area (Å²) >= 11 is 0. The highest BCUT2D eigenvalue weighted by Crippen LogP contribution is 2.41. The molecule has 7 fully saturated rings. The van der Waals surface area contributed by atoms with Crippen LogP contribution in [0.5, 0.6) is 0 Å². The van der Waals surface area contributed by atoms with Gasteiger partial charge in [0.2, 0.25) is 24.1 Å². The van der Waals surface area contributed by atoms with Crippen LogP contribution in [0.3, 0.4) is 0 Å². The van der Waals surface area contributed by atoms with Gasteiger partial charge in [0.25, 0.3) is 5.79 Å². The van der Waals surface area contributed by atoms with E-state index in [-0.39, 0.29) is 6.41 Å². The average molecular weight is 1470 g/mol. The quantitative estimate of drug-likeness (QED) is 0.0287. The van der Waals surface area contributed by atoms with E-state index in [2.05, 4.69) is 21.3 Å². The van der Waals surface area contributed by atoms with Crippen molar-refractivity contribution in [2.45, 2.75) is 254 Å². The van der Waals surface area contributed by atoms with Crippen molar-refractivity contribution in [1.82, 2.24) is 21.3 Å². The maximum Gasteiger partial charge on any atom is 0.364 e. The molecule has 0 unspecified atom stereocenters. The van der Waals surface area contributed by atoms with Crippen LogP contribution in [0, 0.1) is 0 Å². The first-order valence-corrected chi connectivity index (χ1v) is 31.5. The van der Waals surface area contributed by atoms with E-state index in [9.17, 15) is 136 Å². The number of nitrogens with one attached hydrogen (secondary N) is 4. The lowest BCUT2D eigenvalue weighted by Crippen LogP contribution is -2.72. The van der Waals surface area contributed by atoms with E-state index < -0.39 is 316 Å². The third-order valence-electron chi connectivity index (χ3n) is 17.7. The number of hydrogen-bond donors (Lipinski definition) is 26. The zero-order chi connectivity index (χ0) is 74.1. The van der Waals surface area contributed by atoms with E-state index in [1.807, 2.05) is 0 Å². The highest BCUT2D eigenvalue weighted by molar-refractivity contribution is 5.77. The van der Waals surface area contributed by atoms with Crippen LogP contribution in [0.2, 0.25) is 0 Å². The molecule has 45 heteroatoms. The first kappa shape index (κ1) is 83.2. The highest BCUT2D eigenvalue weighted by atomic mass is 16.8. The minimum absolute atomic E-state index is 0.223. The van der Waals surface area contributed by atoms with Crippen LogP contribution < -0.4 is 21.3 Å². The van der Waals surface area contributed by atoms with Crippen LogP contribution in [-0.4, -0.2) is 428 Å². The molecular weight excluding hydrogens is 1370 g/mol. The van der Waals surface area contributed by atoms with Gasteiger partial charge in [-0.2, -0.15) is 0 Å². The topological polar surface area (TPSA) is 708 Å². The molecule has 26 N–H and O–H groups in total. The molecule has 100 heavy (non-hydrogen) atoms. The Morgan fingerprint density at radius 3 is 1.30 bits per heavy atom. The Morgan fingerprint density at radius 1 is 0.450 bits per heavy atom. The molecule has 4 amide bonds. The summed E-state index contributed by atoms with van der Waals surface area (Å²) in [6.07, 6.45) is -70.0. The number of carboxylic acids is 1. The normalized spacial score (nSPS) is 45.0. The van der Waals surface area contributed by atoms with Crippen LogP contribution in [0.25, 0.3) is 0 Å². The molecular formula is C55H92N4O41. The maximum absolute atomic E-state index is 13.4. The Labute approximate surface area is 565 Å². The molecule has 578 valence electrons. The Bertz CT molecular complexity index is 2600. The van der Waals surface area contributed by atoms with Gasteiger partial charge in [-0.25, -0.2) is 4.79 Å². The second-order valence-electron chi connectivity index (χ2n) is 24.7. The largest absolute Gasteiger partial charge is 0.477 e. The van der Waals surface area contributed by atoms with E-state index in [1.54, 1.807) is 0 Å². The molecule has 0 aliphatic carbocycles. The van der Waals surface area contributed by atoms with E-state index in [1.165, 1.54) is 0 Å². The molecule has 7 aliphatic heterocycles. The third kappa shape index (κ3) is 18.6. The SMILES string of the molecule is CC(=O)N[C@H]1[C@H](O[C@@H]2[C@H](O[C@@H]3O[C@H](CO)[C@@H](O)[C@H](O[C@@H]4O[C@H](CO)[C@H](O)[C@H](O[C@]5(C(=O)O)C[C@H](O)[C@@H](NC(C)=O)[C@H]([C@H](O)[C@H](O)CO)O5)[C@H]4O)[C@H]3NC(C)=O)[C@@H](O)[C@H](O[C@H]3[C@H](O)[C@@H](O)[C@H](OC[C@@H](CO)NC=O)O[C@@H]3CO)O[C@@H]2CO)O[C@H](CO)[C@H](O)[C@@H]1O[C@@H]1O[C@H](CO)[C@H](O)[C@H](O)[C@H]1O. The summed E-state index contributed by atoms with van der Waals surface area (Å²) in [6, 6.07) is -6.90. The second-order valence-corrected chi connectivity index (χ2v) is 24.7. The van der Waals surface area contributed by atoms with Crippen molar-refractivity contribution >= 4 is 30.1 Å². The van der Waals surface area contributed by atoms with E-state index in [4.69, 9.17) is 66.3 Å². The number of aliphatic carboxylic acids is 1. The Kier molecular flexibility index (Phi) is 30.6. The van der Waals surface area contributed by atoms with Gasteiger partial charge in [0.1, 0.15) is 165 Å². The monoisotopic (exact) mass is 1460 g/mol. The number of aliphatic hydroxyl groups is 21. The molecule has 7 aliphatic rings. The first-order chi connectivity index (χ1) is 47.3. The number of rotatable bonds is 31. The number of amides is 4. The van der Waals surface area contributed by atoms with Gasteiger partial charge < -0.3 is 200 Å². The van der Waals surface area contributed by atoms with Crippen molar-refractivity contribution in [3.05, 3.63) is 0 Å². The van der Waals surface area contributed by atoms with Gasteiger partial charge in [0.15, 0.2) is 37.7 Å². The molecule has 0 radical (unpaired) electrons. The molecule has 0 saturated carbocycles. The lowest BCUT2D eigenvalue weighted by atomic mass is 9.88. The fourth-order valence-corrected chi connectivity index (χ4v) is 12.5. The van der Waals surface area contributed by atoms with Gasteiger partial charge in [0.05, 0.1) is 77.6 Å². The Balaban J connectivity index is 1.29. The summed E-state index contributed by atoms with van der Waals surface area (Å²) in [6.45, 7) is -6.64. The number of ether oxygens (including phenoxy) is 14. The van der Waals surface area contributed by atoms with Crippen molar-refractivity contribution in [2.75, 3.05) is 59.5 Å². The van der Waals surface area contributed by atoms with Crippen molar-refractivity contribution in [1.29, 1.82) is 0 Å². The van der Waals surface area contributed by atoms with Crippen LogP contribution >= 0.6 is 0 Å². The Hall–Kier alpha value is -4.05. The smallest absolute Gasteiger partial charge is 0.364 e. The highest BCUT2D eigenvalue weighted by Gasteiger charge is 2.63. The van der Waals surface area contributed by atoms with Gasteiger partial charge in [-0.3, -0.25) is 19.2 Å². The summed E-state index contributed by atoms with van der Waals surface area (Å²) in [5.41, 5.74) is 0. The van der Waals surface area contributed by atoms with Crippen LogP contribution in [-0.2, 0) is 90.3 Å². The van der Waals surface area contributed by atoms with Gasteiger partial charge in [-0.15, -0.1) is 0 Å². The second kappa shape index (κ2) is 36.8. The average Bonchev–Trinajstić information content (AvgIpc) is 0.759. The zero-order valence-electron chi connectivity index (χ0n) is 53.5. The van der Waals surface area contributed by atoms with Crippen molar-refractivity contribution in [3.63, 3.8) is 0 Å². The minimum Gasteiger partial charge on any atom is -0.477 e. The molecule has 7 heterocycles. The molecule has 7 saturated heterocycles. The van der Waals surface area contributed by atoms with Gasteiger partial charge >= 0.3 is 5.97 Å². The molecule has 0 aromatic heterocycles. The lowest BCUT2D eigenvalue weighted by Gasteiger charge is -2.52. The number of carbonyl (C=O) groups excluding carboxylic acids is 4. The number of carbonyl (C=O) groups is 5. The van der Waals surface area contributed by atoms with Crippen LogP contribution in [0.15, 0.2) is 0 Å². The fourth-order valence-electron chi connectivity index (χ4n) is 12.5. The summed E-state index contributed by atoms with van der Waals surface area (Å²) in [5, 5.41) is 251. The van der Waals surface area contributed by atoms with E-state index in [0.717, 1.165) is 20.8 Å². The maximum atomic E-state index is 13.4. The van der Waals surface area contributed by atoms with E-state index in [0.29, 0.717) is 0 Å². The minimum atomic E-state index is -3.32. The molecule has 7 rings (SSSR count). The predicted octanol–water partition coefficient (Wildman–Crippen LogP) is -17.5. The van der Waals surface area contributed by atoms with Crippen molar-refractivity contribution in [2.24, 2.45) is 0 Å². The number of carboxylic acid groups (broad SMARTS) is 1. The molecule has 0 spiro atoms. The summed E-state index contributed by atoms with van der Waals surface area (Å²) in [4.78, 5) is 63.1. The predicted molar refractivity (Wildman–Crippen MR) is 308 cm³/mol. The molecule has 0 aromatic carbocycles. The van der Waals surface area contributed by atoms with Gasteiger partial charge in [0, 0.05) is 27.2 Å². The fraction of sp³-hybridized carbons (Fsp3) is 0.909.